The van der Waals surface area contributed by atoms with Gasteiger partial charge in [0, 0.05) is 50.4 Å². The smallest absolute Gasteiger partial charge is 0.139 e. The lowest BCUT2D eigenvalue weighted by molar-refractivity contribution is 0.118. The van der Waals surface area contributed by atoms with Crippen molar-refractivity contribution in [3.63, 3.8) is 0 Å². The van der Waals surface area contributed by atoms with Crippen LogP contribution in [0.3, 0.4) is 0 Å². The van der Waals surface area contributed by atoms with Gasteiger partial charge in [0.05, 0.1) is 5.02 Å². The molecule has 1 heterocycles. The fourth-order valence-electron chi connectivity index (χ4n) is 3.04. The molecule has 1 fully saturated rings. The molecule has 3 nitrogen and oxygen atoms in total. The quantitative estimate of drug-likeness (QED) is 0.716. The third-order valence-electron chi connectivity index (χ3n) is 4.58. The zero-order chi connectivity index (χ0) is 17.5. The summed E-state index contributed by atoms with van der Waals surface area (Å²) in [4.78, 5) is 4.98. The van der Waals surface area contributed by atoms with E-state index in [-0.39, 0.29) is 0 Å². The van der Waals surface area contributed by atoms with Gasteiger partial charge in [0.2, 0.25) is 0 Å². The van der Waals surface area contributed by atoms with Crippen LogP contribution in [-0.4, -0.2) is 55.7 Å². The second kappa shape index (κ2) is 9.44. The maximum atomic E-state index is 6.12. The van der Waals surface area contributed by atoms with Gasteiger partial charge in [0.15, 0.2) is 0 Å². The molecule has 2 aromatic rings. The van der Waals surface area contributed by atoms with Crippen LogP contribution in [0.5, 0.6) is 5.75 Å². The summed E-state index contributed by atoms with van der Waals surface area (Å²) in [5.74, 6) is 0.663. The Morgan fingerprint density at radius 2 is 1.52 bits per heavy atom. The van der Waals surface area contributed by atoms with Gasteiger partial charge in [-0.25, -0.2) is 0 Å². The van der Waals surface area contributed by atoms with E-state index in [4.69, 9.17) is 27.9 Å². The molecule has 2 aromatic carbocycles. The van der Waals surface area contributed by atoms with E-state index in [0.29, 0.717) is 22.4 Å². The third-order valence-corrected chi connectivity index (χ3v) is 5.13. The first-order valence-corrected chi connectivity index (χ1v) is 9.53. The molecule has 5 heteroatoms. The van der Waals surface area contributed by atoms with Gasteiger partial charge < -0.3 is 9.64 Å². The zero-order valence-corrected chi connectivity index (χ0v) is 15.8. The van der Waals surface area contributed by atoms with Crippen LogP contribution in [0.25, 0.3) is 0 Å². The van der Waals surface area contributed by atoms with Gasteiger partial charge in [0.25, 0.3) is 0 Å². The number of halogens is 2. The van der Waals surface area contributed by atoms with Crippen molar-refractivity contribution in [3.05, 3.63) is 64.1 Å². The van der Waals surface area contributed by atoms with Crippen molar-refractivity contribution in [2.75, 3.05) is 45.9 Å². The van der Waals surface area contributed by atoms with Crippen LogP contribution in [-0.2, 0) is 6.42 Å². The Morgan fingerprint density at radius 3 is 2.24 bits per heavy atom. The molecular weight excluding hydrogens is 355 g/mol. The van der Waals surface area contributed by atoms with E-state index in [9.17, 15) is 0 Å². The van der Waals surface area contributed by atoms with Crippen LogP contribution in [0.4, 0.5) is 0 Å². The maximum absolute atomic E-state index is 6.12. The Hall–Kier alpha value is -1.26. The molecule has 0 aromatic heterocycles. The number of piperazine rings is 1. The molecule has 1 aliphatic rings. The first kappa shape index (κ1) is 18.5. The monoisotopic (exact) mass is 378 g/mol. The molecule has 1 saturated heterocycles. The van der Waals surface area contributed by atoms with Gasteiger partial charge in [0.1, 0.15) is 12.4 Å². The van der Waals surface area contributed by atoms with Crippen molar-refractivity contribution in [1.29, 1.82) is 0 Å². The predicted octanol–water partition coefficient (Wildman–Crippen LogP) is 4.23. The summed E-state index contributed by atoms with van der Waals surface area (Å²) in [7, 11) is 0. The van der Waals surface area contributed by atoms with Crippen molar-refractivity contribution < 1.29 is 4.74 Å². The standard InChI is InChI=1S/C20H24Cl2N2O/c21-18-6-7-19(22)20(16-18)25-15-14-24-12-10-23(11-13-24)9-8-17-4-2-1-3-5-17/h1-7,16H,8-15H2. The summed E-state index contributed by atoms with van der Waals surface area (Å²) in [6.45, 7) is 7.07. The molecule has 3 rings (SSSR count). The fourth-order valence-corrected chi connectivity index (χ4v) is 3.38. The number of benzene rings is 2. The van der Waals surface area contributed by atoms with Crippen LogP contribution in [0.1, 0.15) is 5.56 Å². The van der Waals surface area contributed by atoms with Crippen LogP contribution in [0.15, 0.2) is 48.5 Å². The lowest BCUT2D eigenvalue weighted by atomic mass is 10.1. The van der Waals surface area contributed by atoms with Crippen LogP contribution in [0, 0.1) is 0 Å². The predicted molar refractivity (Wildman–Crippen MR) is 105 cm³/mol. The number of ether oxygens (including phenoxy) is 1. The molecule has 134 valence electrons. The molecule has 0 amide bonds. The summed E-state index contributed by atoms with van der Waals surface area (Å²) in [6, 6.07) is 16.0. The molecule has 0 saturated carbocycles. The Balaban J connectivity index is 1.34. The molecule has 0 radical (unpaired) electrons. The Kier molecular flexibility index (Phi) is 7.00. The lowest BCUT2D eigenvalue weighted by Crippen LogP contribution is -2.47. The van der Waals surface area contributed by atoms with Crippen LogP contribution < -0.4 is 4.74 Å². The Labute approximate surface area is 160 Å². The average molecular weight is 379 g/mol. The van der Waals surface area contributed by atoms with E-state index in [2.05, 4.69) is 40.1 Å². The van der Waals surface area contributed by atoms with Gasteiger partial charge >= 0.3 is 0 Å². The first-order valence-electron chi connectivity index (χ1n) is 8.77. The SMILES string of the molecule is Clc1ccc(Cl)c(OCCN2CCN(CCc3ccccc3)CC2)c1. The topological polar surface area (TPSA) is 15.7 Å². The molecule has 0 bridgehead atoms. The summed E-state index contributed by atoms with van der Waals surface area (Å²) >= 11 is 12.1. The average Bonchev–Trinajstić information content (AvgIpc) is 2.65. The molecule has 0 aliphatic carbocycles. The lowest BCUT2D eigenvalue weighted by Gasteiger charge is -2.34. The minimum absolute atomic E-state index is 0.607. The zero-order valence-electron chi connectivity index (χ0n) is 14.3. The summed E-state index contributed by atoms with van der Waals surface area (Å²) in [6.07, 6.45) is 1.12. The molecule has 0 atom stereocenters. The number of hydrogen-bond acceptors (Lipinski definition) is 3. The maximum Gasteiger partial charge on any atom is 0.139 e. The van der Waals surface area contributed by atoms with E-state index in [1.807, 2.05) is 0 Å². The number of hydrogen-bond donors (Lipinski definition) is 0. The van der Waals surface area contributed by atoms with E-state index in [1.54, 1.807) is 18.2 Å². The first-order chi connectivity index (χ1) is 12.2. The van der Waals surface area contributed by atoms with E-state index in [1.165, 1.54) is 5.56 Å². The number of rotatable bonds is 7. The van der Waals surface area contributed by atoms with Crippen molar-refractivity contribution in [2.24, 2.45) is 0 Å². The molecule has 0 unspecified atom stereocenters. The molecular formula is C20H24Cl2N2O. The summed E-state index contributed by atoms with van der Waals surface area (Å²) < 4.78 is 5.78. The third kappa shape index (κ3) is 5.89. The van der Waals surface area contributed by atoms with Crippen LogP contribution in [0.2, 0.25) is 10.0 Å². The van der Waals surface area contributed by atoms with Gasteiger partial charge in [-0.3, -0.25) is 4.90 Å². The normalized spacial score (nSPS) is 16.1. The second-order valence-electron chi connectivity index (χ2n) is 6.34. The van der Waals surface area contributed by atoms with Gasteiger partial charge in [-0.05, 0) is 24.1 Å². The minimum atomic E-state index is 0.607. The number of nitrogens with zero attached hydrogens (tertiary/aromatic N) is 2. The molecule has 25 heavy (non-hydrogen) atoms. The summed E-state index contributed by atoms with van der Waals surface area (Å²) in [5.41, 5.74) is 1.41. The summed E-state index contributed by atoms with van der Waals surface area (Å²) in [5, 5.41) is 1.25. The Bertz CT molecular complexity index is 658. The van der Waals surface area contributed by atoms with E-state index >= 15 is 0 Å². The van der Waals surface area contributed by atoms with E-state index < -0.39 is 0 Å². The van der Waals surface area contributed by atoms with Gasteiger partial charge in [-0.2, -0.15) is 0 Å². The van der Waals surface area contributed by atoms with Crippen molar-refractivity contribution in [2.45, 2.75) is 6.42 Å². The highest BCUT2D eigenvalue weighted by Crippen LogP contribution is 2.27. The highest BCUT2D eigenvalue weighted by molar-refractivity contribution is 6.34. The van der Waals surface area contributed by atoms with E-state index in [0.717, 1.165) is 45.7 Å². The largest absolute Gasteiger partial charge is 0.491 e. The molecule has 1 aliphatic heterocycles. The Morgan fingerprint density at radius 1 is 0.840 bits per heavy atom. The van der Waals surface area contributed by atoms with Crippen molar-refractivity contribution >= 4 is 23.2 Å². The molecule has 0 N–H and O–H groups in total. The second-order valence-corrected chi connectivity index (χ2v) is 7.19. The highest BCUT2D eigenvalue weighted by Gasteiger charge is 2.16. The molecule has 0 spiro atoms. The van der Waals surface area contributed by atoms with Gasteiger partial charge in [-0.1, -0.05) is 53.5 Å². The fraction of sp³-hybridized carbons (Fsp3) is 0.400. The van der Waals surface area contributed by atoms with Crippen molar-refractivity contribution in [3.8, 4) is 5.75 Å². The highest BCUT2D eigenvalue weighted by atomic mass is 35.5. The van der Waals surface area contributed by atoms with Crippen molar-refractivity contribution in [1.82, 2.24) is 9.80 Å². The van der Waals surface area contributed by atoms with Gasteiger partial charge in [-0.15, -0.1) is 0 Å². The minimum Gasteiger partial charge on any atom is -0.491 e. The van der Waals surface area contributed by atoms with Crippen LogP contribution >= 0.6 is 23.2 Å².